The molecule has 1 aromatic carbocycles. The minimum atomic E-state index is -2.83. The standard InChI is InChI=1S/C40H47F2N11O4/c1-48-35-28(4-2-5-31(35)53(40(48)57)32-10-11-33(54)46-39(32)56)26-18-25(19-26)22-50-16-14-49(15-17-50)21-24-6-8-27(9-7-24)52-23-30(34(47-52)36(41)42)45-38(55)29-20-44-51-13-3-12-43-37(29)51/h2-5,12-13,20,23-27,32,36H,6-11,14-19,21-22H2,1H3,(H,45,55)(H,46,54,56). The van der Waals surface area contributed by atoms with Crippen molar-refractivity contribution >= 4 is 40.1 Å². The van der Waals surface area contributed by atoms with Gasteiger partial charge in [-0.3, -0.25) is 33.5 Å². The summed E-state index contributed by atoms with van der Waals surface area (Å²) in [6, 6.07) is 6.98. The maximum atomic E-state index is 14.0. The summed E-state index contributed by atoms with van der Waals surface area (Å²) < 4.78 is 34.4. The number of carbonyl (C=O) groups is 3. The van der Waals surface area contributed by atoms with Crippen LogP contribution >= 0.6 is 0 Å². The number of fused-ring (bicyclic) bond motifs is 2. The summed E-state index contributed by atoms with van der Waals surface area (Å²) in [6.07, 6.45) is 9.60. The second-order valence-corrected chi connectivity index (χ2v) is 16.3. The van der Waals surface area contributed by atoms with E-state index in [2.05, 4.69) is 41.7 Å². The minimum Gasteiger partial charge on any atom is -0.319 e. The molecule has 1 unspecified atom stereocenters. The Morgan fingerprint density at radius 1 is 0.965 bits per heavy atom. The third-order valence-corrected chi connectivity index (χ3v) is 12.8. The van der Waals surface area contributed by atoms with Crippen LogP contribution in [0.15, 0.2) is 53.8 Å². The fourth-order valence-electron chi connectivity index (χ4n) is 9.67. The van der Waals surface area contributed by atoms with Gasteiger partial charge in [-0.2, -0.15) is 10.2 Å². The number of para-hydroxylation sites is 1. The number of nitrogens with zero attached hydrogens (tertiary/aromatic N) is 9. The summed E-state index contributed by atoms with van der Waals surface area (Å²) in [5.74, 6) is 0.205. The number of nitrogens with one attached hydrogen (secondary N) is 2. The smallest absolute Gasteiger partial charge is 0.319 e. The van der Waals surface area contributed by atoms with Gasteiger partial charge < -0.3 is 15.1 Å². The van der Waals surface area contributed by atoms with E-state index in [4.69, 9.17) is 0 Å². The van der Waals surface area contributed by atoms with Crippen molar-refractivity contribution in [2.45, 2.75) is 75.8 Å². The molecule has 17 heteroatoms. The Morgan fingerprint density at radius 3 is 2.42 bits per heavy atom. The van der Waals surface area contributed by atoms with Crippen molar-refractivity contribution < 1.29 is 23.2 Å². The summed E-state index contributed by atoms with van der Waals surface area (Å²) in [5, 5.41) is 13.4. The number of carbonyl (C=O) groups excluding carboxylic acids is 3. The number of rotatable bonds is 10. The molecule has 4 fully saturated rings. The van der Waals surface area contributed by atoms with Crippen LogP contribution in [0.25, 0.3) is 16.7 Å². The van der Waals surface area contributed by atoms with Gasteiger partial charge in [0.2, 0.25) is 11.8 Å². The van der Waals surface area contributed by atoms with Crippen molar-refractivity contribution in [2.75, 3.05) is 44.6 Å². The van der Waals surface area contributed by atoms with Crippen molar-refractivity contribution in [3.8, 4) is 0 Å². The summed E-state index contributed by atoms with van der Waals surface area (Å²) >= 11 is 0. The number of hydrogen-bond acceptors (Lipinski definition) is 9. The molecule has 0 radical (unpaired) electrons. The van der Waals surface area contributed by atoms with Gasteiger partial charge >= 0.3 is 5.69 Å². The molecular weight excluding hydrogens is 737 g/mol. The average Bonchev–Trinajstić information content (AvgIpc) is 3.89. The van der Waals surface area contributed by atoms with Gasteiger partial charge in [0.1, 0.15) is 11.6 Å². The third-order valence-electron chi connectivity index (χ3n) is 12.8. The van der Waals surface area contributed by atoms with Crippen LogP contribution in [0.1, 0.15) is 97.4 Å². The lowest BCUT2D eigenvalue weighted by Gasteiger charge is -2.42. The molecule has 57 heavy (non-hydrogen) atoms. The quantitative estimate of drug-likeness (QED) is 0.197. The number of piperazine rings is 1. The highest BCUT2D eigenvalue weighted by Crippen LogP contribution is 2.44. The fraction of sp³-hybridized carbons (Fsp3) is 0.525. The molecule has 5 aromatic rings. The molecule has 2 saturated heterocycles. The van der Waals surface area contributed by atoms with Crippen molar-refractivity contribution in [1.29, 1.82) is 0 Å². The van der Waals surface area contributed by atoms with Gasteiger partial charge in [0.05, 0.1) is 29.0 Å². The van der Waals surface area contributed by atoms with Gasteiger partial charge in [0, 0.05) is 71.3 Å². The molecule has 3 amide bonds. The zero-order chi connectivity index (χ0) is 39.4. The molecule has 2 N–H and O–H groups in total. The Bertz CT molecular complexity index is 2380. The monoisotopic (exact) mass is 783 g/mol. The fourth-order valence-corrected chi connectivity index (χ4v) is 9.67. The first-order valence-electron chi connectivity index (χ1n) is 20.1. The maximum Gasteiger partial charge on any atom is 0.329 e. The van der Waals surface area contributed by atoms with Crippen LogP contribution in [0.3, 0.4) is 0 Å². The van der Waals surface area contributed by atoms with Crippen LogP contribution in [0.5, 0.6) is 0 Å². The molecule has 0 spiro atoms. The van der Waals surface area contributed by atoms with Gasteiger partial charge in [-0.05, 0) is 80.4 Å². The second-order valence-electron chi connectivity index (χ2n) is 16.3. The predicted molar refractivity (Wildman–Crippen MR) is 206 cm³/mol. The van der Waals surface area contributed by atoms with Crippen molar-refractivity contribution in [2.24, 2.45) is 18.9 Å². The highest BCUT2D eigenvalue weighted by molar-refractivity contribution is 6.08. The largest absolute Gasteiger partial charge is 0.329 e. The van der Waals surface area contributed by atoms with Gasteiger partial charge in [-0.25, -0.2) is 23.1 Å². The van der Waals surface area contributed by atoms with Crippen molar-refractivity contribution in [3.05, 3.63) is 76.4 Å². The lowest BCUT2D eigenvalue weighted by Crippen LogP contribution is -2.50. The Labute approximate surface area is 327 Å². The number of hydrogen-bond donors (Lipinski definition) is 2. The van der Waals surface area contributed by atoms with Gasteiger partial charge in [0.15, 0.2) is 11.3 Å². The average molecular weight is 784 g/mol. The van der Waals surface area contributed by atoms with Crippen LogP contribution < -0.4 is 16.3 Å². The normalized spacial score (nSPS) is 24.9. The number of imide groups is 1. The van der Waals surface area contributed by atoms with Crippen molar-refractivity contribution in [3.63, 3.8) is 0 Å². The van der Waals surface area contributed by atoms with Crippen LogP contribution in [-0.4, -0.2) is 100 Å². The molecular formula is C40H47F2N11O4. The van der Waals surface area contributed by atoms with Crippen LogP contribution in [-0.2, 0) is 16.6 Å². The molecule has 300 valence electrons. The number of amides is 3. The van der Waals surface area contributed by atoms with E-state index in [-0.39, 0.29) is 35.3 Å². The number of aryl methyl sites for hydroxylation is 1. The number of piperidine rings is 1. The van der Waals surface area contributed by atoms with Crippen LogP contribution in [0.2, 0.25) is 0 Å². The topological polar surface area (TPSA) is 157 Å². The van der Waals surface area contributed by atoms with E-state index in [1.54, 1.807) is 39.3 Å². The van der Waals surface area contributed by atoms with E-state index in [1.165, 1.54) is 16.9 Å². The van der Waals surface area contributed by atoms with Crippen molar-refractivity contribution in [1.82, 2.24) is 48.6 Å². The lowest BCUT2D eigenvalue weighted by atomic mass is 9.71. The first-order valence-corrected chi connectivity index (χ1v) is 20.1. The molecule has 2 saturated carbocycles. The minimum absolute atomic E-state index is 0.00620. The van der Waals surface area contributed by atoms with E-state index in [0.29, 0.717) is 29.8 Å². The van der Waals surface area contributed by atoms with E-state index in [9.17, 15) is 28.0 Å². The number of alkyl halides is 2. The molecule has 2 aliphatic carbocycles. The Kier molecular flexibility index (Phi) is 9.96. The molecule has 1 atom stereocenters. The summed E-state index contributed by atoms with van der Waals surface area (Å²) in [5.41, 5.74) is 2.67. The lowest BCUT2D eigenvalue weighted by molar-refractivity contribution is -0.135. The highest BCUT2D eigenvalue weighted by atomic mass is 19.3. The van der Waals surface area contributed by atoms with E-state index in [0.717, 1.165) is 94.4 Å². The van der Waals surface area contributed by atoms with Gasteiger partial charge in [-0.15, -0.1) is 0 Å². The van der Waals surface area contributed by atoms with Crippen LogP contribution in [0, 0.1) is 11.8 Å². The number of anilines is 1. The molecule has 9 rings (SSSR count). The SMILES string of the molecule is Cn1c(=O)n(C2CCC(=O)NC2=O)c2cccc(C3CC(CN4CCN(CC5CCC(n6cc(NC(=O)c7cnn8cccnc78)c(C(F)F)n6)CC5)CC4)C3)c21. The molecule has 2 aliphatic heterocycles. The molecule has 0 bridgehead atoms. The molecule has 15 nitrogen and oxygen atoms in total. The Balaban J connectivity index is 0.740. The molecule has 4 aliphatic rings. The zero-order valence-electron chi connectivity index (χ0n) is 31.9. The molecule has 6 heterocycles. The first kappa shape index (κ1) is 37.3. The van der Waals surface area contributed by atoms with E-state index in [1.807, 2.05) is 12.1 Å². The third kappa shape index (κ3) is 7.15. The summed E-state index contributed by atoms with van der Waals surface area (Å²) in [4.78, 5) is 60.2. The number of aromatic nitrogens is 7. The maximum absolute atomic E-state index is 14.0. The van der Waals surface area contributed by atoms with E-state index < -0.39 is 30.0 Å². The Hall–Kier alpha value is -5.29. The van der Waals surface area contributed by atoms with Crippen LogP contribution in [0.4, 0.5) is 14.5 Å². The predicted octanol–water partition coefficient (Wildman–Crippen LogP) is 4.29. The molecule has 4 aromatic heterocycles. The summed E-state index contributed by atoms with van der Waals surface area (Å²) in [6.45, 7) is 6.19. The van der Waals surface area contributed by atoms with E-state index >= 15 is 0 Å². The van der Waals surface area contributed by atoms with Gasteiger partial charge in [-0.1, -0.05) is 12.1 Å². The first-order chi connectivity index (χ1) is 27.6. The zero-order valence-corrected chi connectivity index (χ0v) is 31.9. The van der Waals surface area contributed by atoms with Gasteiger partial charge in [0.25, 0.3) is 12.3 Å². The number of benzene rings is 1. The number of halogens is 2. The Morgan fingerprint density at radius 2 is 1.70 bits per heavy atom. The highest BCUT2D eigenvalue weighted by Gasteiger charge is 2.37. The summed E-state index contributed by atoms with van der Waals surface area (Å²) in [7, 11) is 1.77. The second kappa shape index (κ2) is 15.2. The number of imidazole rings is 1.